The van der Waals surface area contributed by atoms with Crippen molar-refractivity contribution in [1.82, 2.24) is 4.98 Å². The molecule has 0 aliphatic carbocycles. The Hall–Kier alpha value is -3.35. The van der Waals surface area contributed by atoms with E-state index in [1.54, 1.807) is 20.8 Å². The van der Waals surface area contributed by atoms with Crippen LogP contribution in [0.5, 0.6) is 0 Å². The summed E-state index contributed by atoms with van der Waals surface area (Å²) in [5, 5.41) is 0.850. The highest BCUT2D eigenvalue weighted by atomic mass is 16.5. The van der Waals surface area contributed by atoms with Crippen molar-refractivity contribution in [2.24, 2.45) is 0 Å². The number of H-pyrrole nitrogens is 1. The standard InChI is InChI=1S/C23H25NO6/c1-6-28-23(27)22-15(5)24-14(4)21(22)18(25)11-30-20(26)9-16-10-29-19-8-13(3)12(2)7-17(16)19/h7-8,10,24H,6,9,11H2,1-5H3. The van der Waals surface area contributed by atoms with Gasteiger partial charge < -0.3 is 18.9 Å². The lowest BCUT2D eigenvalue weighted by atomic mass is 10.0. The Morgan fingerprint density at radius 3 is 2.33 bits per heavy atom. The van der Waals surface area contributed by atoms with Crippen LogP contribution in [0.3, 0.4) is 0 Å². The molecule has 0 saturated carbocycles. The predicted octanol–water partition coefficient (Wildman–Crippen LogP) is 4.14. The molecule has 0 unspecified atom stereocenters. The molecule has 0 bridgehead atoms. The quantitative estimate of drug-likeness (QED) is 0.463. The normalized spacial score (nSPS) is 11.0. The van der Waals surface area contributed by atoms with Gasteiger partial charge in [0, 0.05) is 22.3 Å². The fourth-order valence-electron chi connectivity index (χ4n) is 3.49. The molecule has 3 aromatic rings. The molecule has 0 saturated heterocycles. The third-order valence-corrected chi connectivity index (χ3v) is 5.10. The van der Waals surface area contributed by atoms with E-state index in [0.29, 0.717) is 22.5 Å². The molecule has 0 aliphatic rings. The van der Waals surface area contributed by atoms with Crippen LogP contribution in [-0.2, 0) is 20.7 Å². The van der Waals surface area contributed by atoms with E-state index in [2.05, 4.69) is 4.98 Å². The van der Waals surface area contributed by atoms with Crippen LogP contribution in [0.25, 0.3) is 11.0 Å². The maximum Gasteiger partial charge on any atom is 0.340 e. The smallest absolute Gasteiger partial charge is 0.340 e. The molecule has 0 atom stereocenters. The number of rotatable bonds is 7. The highest BCUT2D eigenvalue weighted by molar-refractivity contribution is 6.09. The predicted molar refractivity (Wildman–Crippen MR) is 111 cm³/mol. The highest BCUT2D eigenvalue weighted by Gasteiger charge is 2.26. The summed E-state index contributed by atoms with van der Waals surface area (Å²) in [4.78, 5) is 40.2. The summed E-state index contributed by atoms with van der Waals surface area (Å²) < 4.78 is 15.8. The third kappa shape index (κ3) is 4.15. The number of carbonyl (C=O) groups excluding carboxylic acids is 3. The molecule has 7 nitrogen and oxygen atoms in total. The average Bonchev–Trinajstić information content (AvgIpc) is 3.20. The van der Waals surface area contributed by atoms with Gasteiger partial charge in [-0.15, -0.1) is 0 Å². The Bertz CT molecular complexity index is 1130. The number of furan rings is 1. The minimum absolute atomic E-state index is 0.0152. The SMILES string of the molecule is CCOC(=O)c1c(C)[nH]c(C)c1C(=O)COC(=O)Cc1coc2cc(C)c(C)cc12. The molecule has 3 rings (SSSR count). The first-order valence-corrected chi connectivity index (χ1v) is 9.75. The molecule has 2 heterocycles. The largest absolute Gasteiger partial charge is 0.464 e. The van der Waals surface area contributed by atoms with Gasteiger partial charge in [0.25, 0.3) is 0 Å². The van der Waals surface area contributed by atoms with Gasteiger partial charge in [-0.2, -0.15) is 0 Å². The fraction of sp³-hybridized carbons (Fsp3) is 0.348. The molecular formula is C23H25NO6. The zero-order chi connectivity index (χ0) is 22.0. The number of benzene rings is 1. The number of ketones is 1. The highest BCUT2D eigenvalue weighted by Crippen LogP contribution is 2.25. The van der Waals surface area contributed by atoms with Crippen molar-refractivity contribution >= 4 is 28.7 Å². The Balaban J connectivity index is 1.71. The number of hydrogen-bond donors (Lipinski definition) is 1. The van der Waals surface area contributed by atoms with Crippen molar-refractivity contribution in [1.29, 1.82) is 0 Å². The van der Waals surface area contributed by atoms with Crippen LogP contribution in [0.4, 0.5) is 0 Å². The summed E-state index contributed by atoms with van der Waals surface area (Å²) in [6.07, 6.45) is 1.52. The molecule has 0 aliphatic heterocycles. The van der Waals surface area contributed by atoms with Crippen molar-refractivity contribution < 1.29 is 28.3 Å². The van der Waals surface area contributed by atoms with Gasteiger partial charge in [-0.25, -0.2) is 4.79 Å². The molecular weight excluding hydrogens is 386 g/mol. The van der Waals surface area contributed by atoms with Gasteiger partial charge in [0.2, 0.25) is 5.78 Å². The number of carbonyl (C=O) groups is 3. The fourth-order valence-corrected chi connectivity index (χ4v) is 3.49. The number of Topliss-reactive ketones (excluding diaryl/α,β-unsaturated/α-hetero) is 1. The van der Waals surface area contributed by atoms with E-state index < -0.39 is 24.3 Å². The molecule has 2 aromatic heterocycles. The van der Waals surface area contributed by atoms with Gasteiger partial charge >= 0.3 is 11.9 Å². The van der Waals surface area contributed by atoms with Crippen molar-refractivity contribution in [2.75, 3.05) is 13.2 Å². The zero-order valence-electron chi connectivity index (χ0n) is 17.8. The Labute approximate surface area is 174 Å². The van der Waals surface area contributed by atoms with Crippen LogP contribution in [0.15, 0.2) is 22.8 Å². The first kappa shape index (κ1) is 21.4. The van der Waals surface area contributed by atoms with Crippen LogP contribution in [-0.4, -0.2) is 35.9 Å². The number of ether oxygens (including phenoxy) is 2. The van der Waals surface area contributed by atoms with Crippen LogP contribution in [0.1, 0.15) is 55.7 Å². The lowest BCUT2D eigenvalue weighted by Crippen LogP contribution is -2.19. The van der Waals surface area contributed by atoms with Gasteiger partial charge in [0.05, 0.1) is 30.4 Å². The van der Waals surface area contributed by atoms with Gasteiger partial charge in [0.15, 0.2) is 6.61 Å². The Morgan fingerprint density at radius 1 is 0.967 bits per heavy atom. The second-order valence-corrected chi connectivity index (χ2v) is 7.30. The van der Waals surface area contributed by atoms with Gasteiger partial charge in [0.1, 0.15) is 5.58 Å². The second-order valence-electron chi connectivity index (χ2n) is 7.30. The Kier molecular flexibility index (Phi) is 6.10. The second kappa shape index (κ2) is 8.57. The van der Waals surface area contributed by atoms with E-state index in [1.807, 2.05) is 26.0 Å². The summed E-state index contributed by atoms with van der Waals surface area (Å²) in [5.74, 6) is -1.59. The maximum absolute atomic E-state index is 12.7. The molecule has 0 spiro atoms. The van der Waals surface area contributed by atoms with Crippen LogP contribution in [0, 0.1) is 27.7 Å². The lowest BCUT2D eigenvalue weighted by Gasteiger charge is -2.07. The number of fused-ring (bicyclic) bond motifs is 1. The average molecular weight is 411 g/mol. The van der Waals surface area contributed by atoms with Crippen LogP contribution >= 0.6 is 0 Å². The van der Waals surface area contributed by atoms with Crippen molar-refractivity contribution in [3.8, 4) is 0 Å². The number of aromatic nitrogens is 1. The van der Waals surface area contributed by atoms with Crippen LogP contribution in [0.2, 0.25) is 0 Å². The number of esters is 2. The van der Waals surface area contributed by atoms with Crippen molar-refractivity contribution in [2.45, 2.75) is 41.0 Å². The molecule has 158 valence electrons. The third-order valence-electron chi connectivity index (χ3n) is 5.10. The summed E-state index contributed by atoms with van der Waals surface area (Å²) >= 11 is 0. The molecule has 1 aromatic carbocycles. The topological polar surface area (TPSA) is 98.6 Å². The van der Waals surface area contributed by atoms with E-state index in [1.165, 1.54) is 6.26 Å². The summed E-state index contributed by atoms with van der Waals surface area (Å²) in [6, 6.07) is 3.90. The van der Waals surface area contributed by atoms with Crippen molar-refractivity contribution in [3.63, 3.8) is 0 Å². The summed E-state index contributed by atoms with van der Waals surface area (Å²) in [5.41, 5.74) is 5.05. The van der Waals surface area contributed by atoms with E-state index in [-0.39, 0.29) is 24.2 Å². The van der Waals surface area contributed by atoms with Gasteiger partial charge in [-0.05, 0) is 57.9 Å². The van der Waals surface area contributed by atoms with Crippen LogP contribution < -0.4 is 0 Å². The summed E-state index contributed by atoms with van der Waals surface area (Å²) in [6.45, 7) is 8.79. The molecule has 30 heavy (non-hydrogen) atoms. The first-order valence-electron chi connectivity index (χ1n) is 9.75. The molecule has 7 heteroatoms. The summed E-state index contributed by atoms with van der Waals surface area (Å²) in [7, 11) is 0. The van der Waals surface area contributed by atoms with E-state index in [9.17, 15) is 14.4 Å². The molecule has 0 fully saturated rings. The minimum atomic E-state index is -0.579. The monoisotopic (exact) mass is 411 g/mol. The van der Waals surface area contributed by atoms with Gasteiger partial charge in [-0.1, -0.05) is 0 Å². The number of aryl methyl sites for hydroxylation is 4. The number of aromatic amines is 1. The van der Waals surface area contributed by atoms with E-state index >= 15 is 0 Å². The number of nitrogens with one attached hydrogen (secondary N) is 1. The number of hydrogen-bond acceptors (Lipinski definition) is 6. The molecule has 0 radical (unpaired) electrons. The Morgan fingerprint density at radius 2 is 1.63 bits per heavy atom. The van der Waals surface area contributed by atoms with E-state index in [4.69, 9.17) is 13.9 Å². The van der Waals surface area contributed by atoms with Gasteiger partial charge in [-0.3, -0.25) is 9.59 Å². The minimum Gasteiger partial charge on any atom is -0.464 e. The zero-order valence-corrected chi connectivity index (χ0v) is 17.8. The van der Waals surface area contributed by atoms with E-state index in [0.717, 1.165) is 16.5 Å². The maximum atomic E-state index is 12.7. The molecule has 0 amide bonds. The lowest BCUT2D eigenvalue weighted by molar-refractivity contribution is -0.141. The molecule has 1 N–H and O–H groups in total. The first-order chi connectivity index (χ1) is 14.2. The van der Waals surface area contributed by atoms with Crippen molar-refractivity contribution in [3.05, 3.63) is 57.6 Å².